The van der Waals surface area contributed by atoms with Gasteiger partial charge in [-0.25, -0.2) is 4.98 Å². The molecular formula is C20H36IN7. The number of aromatic nitrogens is 1. The number of anilines is 1. The third kappa shape index (κ3) is 6.73. The Morgan fingerprint density at radius 1 is 1.18 bits per heavy atom. The Hall–Kier alpha value is -1.13. The van der Waals surface area contributed by atoms with E-state index in [-0.39, 0.29) is 24.0 Å². The fourth-order valence-electron chi connectivity index (χ4n) is 3.80. The molecule has 0 spiro atoms. The van der Waals surface area contributed by atoms with Crippen LogP contribution < -0.4 is 15.5 Å². The van der Waals surface area contributed by atoms with Gasteiger partial charge in [-0.05, 0) is 46.0 Å². The van der Waals surface area contributed by atoms with Crippen LogP contribution in [0.15, 0.2) is 29.4 Å². The number of likely N-dealkylation sites (N-methyl/N-ethyl adjacent to an activating group) is 2. The average Bonchev–Trinajstić information content (AvgIpc) is 2.70. The number of nitrogens with zero attached hydrogens (tertiary/aromatic N) is 5. The predicted octanol–water partition coefficient (Wildman–Crippen LogP) is 1.47. The summed E-state index contributed by atoms with van der Waals surface area (Å²) in [6, 6.07) is 7.08. The quantitative estimate of drug-likeness (QED) is 0.362. The molecule has 0 aliphatic carbocycles. The van der Waals surface area contributed by atoms with Gasteiger partial charge >= 0.3 is 0 Å². The summed E-state index contributed by atoms with van der Waals surface area (Å²) in [6.45, 7) is 9.26. The number of rotatable bonds is 5. The monoisotopic (exact) mass is 501 g/mol. The lowest BCUT2D eigenvalue weighted by Gasteiger charge is -2.37. The van der Waals surface area contributed by atoms with E-state index in [2.05, 4.69) is 63.5 Å². The lowest BCUT2D eigenvalue weighted by Crippen LogP contribution is -2.52. The molecule has 3 heterocycles. The minimum Gasteiger partial charge on any atom is -0.357 e. The minimum absolute atomic E-state index is 0. The van der Waals surface area contributed by atoms with Gasteiger partial charge in [-0.3, -0.25) is 9.89 Å². The average molecular weight is 501 g/mol. The van der Waals surface area contributed by atoms with Crippen molar-refractivity contribution in [2.24, 2.45) is 4.99 Å². The molecule has 8 heteroatoms. The molecule has 0 radical (unpaired) electrons. The van der Waals surface area contributed by atoms with E-state index >= 15 is 0 Å². The summed E-state index contributed by atoms with van der Waals surface area (Å²) in [4.78, 5) is 16.6. The van der Waals surface area contributed by atoms with Crippen LogP contribution in [-0.4, -0.2) is 92.7 Å². The number of piperazine rings is 1. The maximum atomic E-state index is 4.89. The molecule has 2 aliphatic rings. The van der Waals surface area contributed by atoms with Crippen molar-refractivity contribution in [3.8, 4) is 0 Å². The van der Waals surface area contributed by atoms with E-state index in [9.17, 15) is 0 Å². The number of pyridine rings is 1. The number of nitrogens with one attached hydrogen (secondary N) is 2. The van der Waals surface area contributed by atoms with Crippen LogP contribution in [0.4, 0.5) is 5.82 Å². The third-order valence-corrected chi connectivity index (χ3v) is 5.59. The molecule has 1 unspecified atom stereocenters. The zero-order valence-corrected chi connectivity index (χ0v) is 19.8. The van der Waals surface area contributed by atoms with Gasteiger partial charge in [0.15, 0.2) is 5.96 Å². The maximum absolute atomic E-state index is 4.89. The molecule has 28 heavy (non-hydrogen) atoms. The van der Waals surface area contributed by atoms with Gasteiger partial charge in [0.25, 0.3) is 0 Å². The van der Waals surface area contributed by atoms with E-state index in [0.717, 1.165) is 70.4 Å². The smallest absolute Gasteiger partial charge is 0.191 e. The Labute approximate surface area is 187 Å². The fourth-order valence-corrected chi connectivity index (χ4v) is 3.80. The molecule has 158 valence electrons. The molecule has 0 aromatic carbocycles. The topological polar surface area (TPSA) is 59.0 Å². The molecule has 2 aliphatic heterocycles. The van der Waals surface area contributed by atoms with Crippen molar-refractivity contribution < 1.29 is 0 Å². The van der Waals surface area contributed by atoms with Crippen LogP contribution >= 0.6 is 24.0 Å². The summed E-state index contributed by atoms with van der Waals surface area (Å²) >= 11 is 0. The fraction of sp³-hybridized carbons (Fsp3) is 0.700. The number of piperidine rings is 1. The van der Waals surface area contributed by atoms with Gasteiger partial charge in [-0.2, -0.15) is 0 Å². The zero-order chi connectivity index (χ0) is 19.1. The summed E-state index contributed by atoms with van der Waals surface area (Å²) in [5.74, 6) is 2.04. The van der Waals surface area contributed by atoms with E-state index < -0.39 is 0 Å². The highest BCUT2D eigenvalue weighted by Gasteiger charge is 2.23. The van der Waals surface area contributed by atoms with Crippen molar-refractivity contribution in [1.29, 1.82) is 0 Å². The van der Waals surface area contributed by atoms with E-state index in [1.165, 1.54) is 0 Å². The van der Waals surface area contributed by atoms with Gasteiger partial charge in [0.05, 0.1) is 6.54 Å². The molecule has 1 atom stereocenters. The third-order valence-electron chi connectivity index (χ3n) is 5.59. The second kappa shape index (κ2) is 11.8. The Balaban J connectivity index is 0.00000280. The van der Waals surface area contributed by atoms with Crippen molar-refractivity contribution in [3.05, 3.63) is 24.4 Å². The molecule has 0 saturated carbocycles. The highest BCUT2D eigenvalue weighted by Crippen LogP contribution is 2.17. The van der Waals surface area contributed by atoms with Crippen molar-refractivity contribution in [2.75, 3.05) is 64.8 Å². The van der Waals surface area contributed by atoms with E-state index in [1.54, 1.807) is 0 Å². The first-order valence-corrected chi connectivity index (χ1v) is 10.3. The summed E-state index contributed by atoms with van der Waals surface area (Å²) in [7, 11) is 4.41. The summed E-state index contributed by atoms with van der Waals surface area (Å²) in [5, 5.41) is 7.07. The standard InChI is InChI=1S/C20H35N7.HI/c1-4-21-20(23-15-18-16-25(2)13-14-26(18)3)24-17-8-11-27(12-9-17)19-7-5-6-10-22-19;/h5-7,10,17-18H,4,8-9,11-16H2,1-3H3,(H2,21,23,24);1H. The van der Waals surface area contributed by atoms with Crippen LogP contribution in [0.2, 0.25) is 0 Å². The van der Waals surface area contributed by atoms with Gasteiger partial charge < -0.3 is 20.4 Å². The molecule has 3 rings (SSSR count). The molecule has 7 nitrogen and oxygen atoms in total. The Morgan fingerprint density at radius 2 is 1.96 bits per heavy atom. The normalized spacial score (nSPS) is 22.6. The van der Waals surface area contributed by atoms with Crippen molar-refractivity contribution >= 4 is 35.8 Å². The van der Waals surface area contributed by atoms with E-state index in [0.29, 0.717) is 12.1 Å². The van der Waals surface area contributed by atoms with Crippen LogP contribution in [-0.2, 0) is 0 Å². The molecule has 1 aromatic heterocycles. The van der Waals surface area contributed by atoms with Gasteiger partial charge in [-0.1, -0.05) is 6.07 Å². The molecule has 0 bridgehead atoms. The molecular weight excluding hydrogens is 465 g/mol. The van der Waals surface area contributed by atoms with Crippen molar-refractivity contribution in [3.63, 3.8) is 0 Å². The van der Waals surface area contributed by atoms with E-state index in [4.69, 9.17) is 4.99 Å². The number of guanidine groups is 1. The molecule has 1 aromatic rings. The highest BCUT2D eigenvalue weighted by atomic mass is 127. The van der Waals surface area contributed by atoms with Crippen LogP contribution in [0.25, 0.3) is 0 Å². The van der Waals surface area contributed by atoms with Gasteiger partial charge in [0.2, 0.25) is 0 Å². The summed E-state index contributed by atoms with van der Waals surface area (Å²) in [6.07, 6.45) is 4.08. The number of aliphatic imine (C=N–C) groups is 1. The predicted molar refractivity (Wildman–Crippen MR) is 128 cm³/mol. The first kappa shape index (κ1) is 23.2. The SMILES string of the molecule is CCNC(=NCC1CN(C)CCN1C)NC1CCN(c2ccccn2)CC1.I. The first-order chi connectivity index (χ1) is 13.2. The van der Waals surface area contributed by atoms with Crippen LogP contribution in [0.5, 0.6) is 0 Å². The van der Waals surface area contributed by atoms with Crippen LogP contribution in [0.1, 0.15) is 19.8 Å². The second-order valence-electron chi connectivity index (χ2n) is 7.71. The van der Waals surface area contributed by atoms with Gasteiger partial charge in [-0.15, -0.1) is 24.0 Å². The largest absolute Gasteiger partial charge is 0.357 e. The van der Waals surface area contributed by atoms with Crippen LogP contribution in [0, 0.1) is 0 Å². The first-order valence-electron chi connectivity index (χ1n) is 10.3. The van der Waals surface area contributed by atoms with Crippen molar-refractivity contribution in [1.82, 2.24) is 25.4 Å². The van der Waals surface area contributed by atoms with Crippen LogP contribution in [0.3, 0.4) is 0 Å². The zero-order valence-electron chi connectivity index (χ0n) is 17.5. The summed E-state index contributed by atoms with van der Waals surface area (Å²) in [5.41, 5.74) is 0. The Kier molecular flexibility index (Phi) is 9.73. The van der Waals surface area contributed by atoms with Gasteiger partial charge in [0.1, 0.15) is 5.82 Å². The molecule has 2 N–H and O–H groups in total. The van der Waals surface area contributed by atoms with E-state index in [1.807, 2.05) is 12.3 Å². The Morgan fingerprint density at radius 3 is 2.64 bits per heavy atom. The Bertz CT molecular complexity index is 589. The lowest BCUT2D eigenvalue weighted by atomic mass is 10.1. The number of halogens is 1. The minimum atomic E-state index is 0. The molecule has 2 saturated heterocycles. The van der Waals surface area contributed by atoms with Gasteiger partial charge in [0, 0.05) is 57.5 Å². The molecule has 0 amide bonds. The van der Waals surface area contributed by atoms with Crippen molar-refractivity contribution in [2.45, 2.75) is 31.8 Å². The maximum Gasteiger partial charge on any atom is 0.191 e. The second-order valence-corrected chi connectivity index (χ2v) is 7.71. The number of hydrogen-bond acceptors (Lipinski definition) is 5. The molecule has 2 fully saturated rings. The number of hydrogen-bond donors (Lipinski definition) is 2. The lowest BCUT2D eigenvalue weighted by molar-refractivity contribution is 0.119. The summed E-state index contributed by atoms with van der Waals surface area (Å²) < 4.78 is 0. The highest BCUT2D eigenvalue weighted by molar-refractivity contribution is 14.0.